The molecule has 16 heavy (non-hydrogen) atoms. The highest BCUT2D eigenvalue weighted by Gasteiger charge is 2.29. The van der Waals surface area contributed by atoms with Crippen molar-refractivity contribution in [2.75, 3.05) is 6.54 Å². The number of nitrogens with one attached hydrogen (secondary N) is 1. The third-order valence-electron chi connectivity index (χ3n) is 4.47. The third-order valence-corrected chi connectivity index (χ3v) is 4.47. The van der Waals surface area contributed by atoms with E-state index in [1.165, 1.54) is 51.4 Å². The van der Waals surface area contributed by atoms with Gasteiger partial charge in [-0.15, -0.1) is 0 Å². The Balaban J connectivity index is 1.79. The van der Waals surface area contributed by atoms with Crippen LogP contribution in [0.25, 0.3) is 0 Å². The summed E-state index contributed by atoms with van der Waals surface area (Å²) in [6.45, 7) is 3.19. The molecule has 2 rings (SSSR count). The molecule has 2 aliphatic rings. The van der Waals surface area contributed by atoms with Gasteiger partial charge in [-0.05, 0) is 44.1 Å². The Morgan fingerprint density at radius 1 is 1.19 bits per heavy atom. The van der Waals surface area contributed by atoms with Gasteiger partial charge in [-0.1, -0.05) is 32.6 Å². The van der Waals surface area contributed by atoms with Crippen molar-refractivity contribution in [2.45, 2.75) is 70.4 Å². The highest BCUT2D eigenvalue weighted by Crippen LogP contribution is 2.34. The molecule has 3 N–H and O–H groups in total. The largest absolute Gasteiger partial charge is 0.330 e. The first-order chi connectivity index (χ1) is 7.83. The fourth-order valence-corrected chi connectivity index (χ4v) is 3.12. The summed E-state index contributed by atoms with van der Waals surface area (Å²) in [4.78, 5) is 0. The van der Waals surface area contributed by atoms with Gasteiger partial charge in [-0.3, -0.25) is 0 Å². The van der Waals surface area contributed by atoms with Crippen molar-refractivity contribution in [1.82, 2.24) is 5.32 Å². The van der Waals surface area contributed by atoms with Crippen molar-refractivity contribution in [3.63, 3.8) is 0 Å². The average Bonchev–Trinajstić information content (AvgIpc) is 3.13. The van der Waals surface area contributed by atoms with Gasteiger partial charge in [-0.2, -0.15) is 0 Å². The second kappa shape index (κ2) is 6.02. The van der Waals surface area contributed by atoms with Crippen LogP contribution in [0.15, 0.2) is 0 Å². The molecule has 0 amide bonds. The van der Waals surface area contributed by atoms with E-state index in [0.717, 1.165) is 24.4 Å². The SMILES string of the molecule is CCC(CC1CC1)NC1CCCCC1CN. The van der Waals surface area contributed by atoms with Crippen LogP contribution in [0.3, 0.4) is 0 Å². The van der Waals surface area contributed by atoms with Crippen LogP contribution in [0.1, 0.15) is 58.3 Å². The zero-order chi connectivity index (χ0) is 11.4. The third kappa shape index (κ3) is 3.46. The van der Waals surface area contributed by atoms with Gasteiger partial charge in [0.05, 0.1) is 0 Å². The standard InChI is InChI=1S/C14H28N2/c1-2-13(9-11-7-8-11)16-14-6-4-3-5-12(14)10-15/h11-14,16H,2-10,15H2,1H3. The van der Waals surface area contributed by atoms with Crippen molar-refractivity contribution in [3.8, 4) is 0 Å². The van der Waals surface area contributed by atoms with Gasteiger partial charge in [0.2, 0.25) is 0 Å². The summed E-state index contributed by atoms with van der Waals surface area (Å²) in [5.41, 5.74) is 5.88. The Morgan fingerprint density at radius 3 is 2.56 bits per heavy atom. The molecular formula is C14H28N2. The maximum Gasteiger partial charge on any atom is 0.0110 e. The second-order valence-electron chi connectivity index (χ2n) is 5.84. The molecule has 94 valence electrons. The summed E-state index contributed by atoms with van der Waals surface area (Å²) in [6, 6.07) is 1.46. The molecule has 0 aromatic carbocycles. The van der Waals surface area contributed by atoms with E-state index in [0.29, 0.717) is 6.04 Å². The summed E-state index contributed by atoms with van der Waals surface area (Å²) in [7, 11) is 0. The lowest BCUT2D eigenvalue weighted by atomic mass is 9.84. The Morgan fingerprint density at radius 2 is 1.94 bits per heavy atom. The van der Waals surface area contributed by atoms with Gasteiger partial charge < -0.3 is 11.1 Å². The Bertz CT molecular complexity index is 201. The predicted molar refractivity (Wildman–Crippen MR) is 69.4 cm³/mol. The first kappa shape index (κ1) is 12.4. The van der Waals surface area contributed by atoms with E-state index in [1.807, 2.05) is 0 Å². The number of hydrogen-bond donors (Lipinski definition) is 2. The summed E-state index contributed by atoms with van der Waals surface area (Å²) in [5, 5.41) is 3.90. The Labute approximate surface area is 100 Å². The van der Waals surface area contributed by atoms with Gasteiger partial charge in [0.25, 0.3) is 0 Å². The van der Waals surface area contributed by atoms with E-state index in [1.54, 1.807) is 0 Å². The highest BCUT2D eigenvalue weighted by atomic mass is 15.0. The molecule has 0 spiro atoms. The van der Waals surface area contributed by atoms with E-state index in [4.69, 9.17) is 5.73 Å². The summed E-state index contributed by atoms with van der Waals surface area (Å²) < 4.78 is 0. The van der Waals surface area contributed by atoms with Crippen LogP contribution < -0.4 is 11.1 Å². The van der Waals surface area contributed by atoms with E-state index >= 15 is 0 Å². The van der Waals surface area contributed by atoms with Crippen LogP contribution >= 0.6 is 0 Å². The predicted octanol–water partition coefficient (Wildman–Crippen LogP) is 2.67. The van der Waals surface area contributed by atoms with E-state index in [-0.39, 0.29) is 0 Å². The molecule has 0 aromatic heterocycles. The Hall–Kier alpha value is -0.0800. The van der Waals surface area contributed by atoms with Gasteiger partial charge in [0.15, 0.2) is 0 Å². The van der Waals surface area contributed by atoms with E-state index in [9.17, 15) is 0 Å². The van der Waals surface area contributed by atoms with Gasteiger partial charge in [0, 0.05) is 12.1 Å². The Kier molecular flexibility index (Phi) is 4.66. The topological polar surface area (TPSA) is 38.0 Å². The normalized spacial score (nSPS) is 32.6. The van der Waals surface area contributed by atoms with Crippen LogP contribution in [-0.2, 0) is 0 Å². The van der Waals surface area contributed by atoms with Crippen molar-refractivity contribution < 1.29 is 0 Å². The summed E-state index contributed by atoms with van der Waals surface area (Å²) >= 11 is 0. The molecule has 0 heterocycles. The van der Waals surface area contributed by atoms with E-state index in [2.05, 4.69) is 12.2 Å². The molecule has 3 unspecified atom stereocenters. The minimum atomic E-state index is 0.711. The molecule has 2 nitrogen and oxygen atoms in total. The quantitative estimate of drug-likeness (QED) is 0.728. The maximum absolute atomic E-state index is 5.88. The number of hydrogen-bond acceptors (Lipinski definition) is 2. The molecule has 2 heteroatoms. The molecule has 0 bridgehead atoms. The molecule has 0 aliphatic heterocycles. The molecular weight excluding hydrogens is 196 g/mol. The van der Waals surface area contributed by atoms with Crippen molar-refractivity contribution in [3.05, 3.63) is 0 Å². The van der Waals surface area contributed by atoms with Crippen LogP contribution in [0.5, 0.6) is 0 Å². The molecule has 0 saturated heterocycles. The first-order valence-corrected chi connectivity index (χ1v) is 7.29. The molecule has 0 aromatic rings. The average molecular weight is 224 g/mol. The molecule has 2 saturated carbocycles. The minimum absolute atomic E-state index is 0.711. The monoisotopic (exact) mass is 224 g/mol. The lowest BCUT2D eigenvalue weighted by Gasteiger charge is -2.34. The highest BCUT2D eigenvalue weighted by molar-refractivity contribution is 4.86. The minimum Gasteiger partial charge on any atom is -0.330 e. The van der Waals surface area contributed by atoms with Crippen molar-refractivity contribution in [1.29, 1.82) is 0 Å². The van der Waals surface area contributed by atoms with Gasteiger partial charge in [0.1, 0.15) is 0 Å². The smallest absolute Gasteiger partial charge is 0.0110 e. The zero-order valence-corrected chi connectivity index (χ0v) is 10.8. The molecule has 2 fully saturated rings. The molecule has 2 aliphatic carbocycles. The summed E-state index contributed by atoms with van der Waals surface area (Å²) in [6.07, 6.45) is 11.1. The van der Waals surface area contributed by atoms with Crippen LogP contribution in [0, 0.1) is 11.8 Å². The molecule has 0 radical (unpaired) electrons. The zero-order valence-electron chi connectivity index (χ0n) is 10.8. The van der Waals surface area contributed by atoms with Crippen LogP contribution in [0.2, 0.25) is 0 Å². The lowest BCUT2D eigenvalue weighted by molar-refractivity contribution is 0.238. The fourth-order valence-electron chi connectivity index (χ4n) is 3.12. The first-order valence-electron chi connectivity index (χ1n) is 7.29. The molecule has 3 atom stereocenters. The maximum atomic E-state index is 5.88. The second-order valence-corrected chi connectivity index (χ2v) is 5.84. The van der Waals surface area contributed by atoms with Crippen molar-refractivity contribution >= 4 is 0 Å². The van der Waals surface area contributed by atoms with E-state index < -0.39 is 0 Å². The van der Waals surface area contributed by atoms with Gasteiger partial charge >= 0.3 is 0 Å². The van der Waals surface area contributed by atoms with Crippen LogP contribution in [0.4, 0.5) is 0 Å². The van der Waals surface area contributed by atoms with Crippen molar-refractivity contribution in [2.24, 2.45) is 17.6 Å². The summed E-state index contributed by atoms with van der Waals surface area (Å²) in [5.74, 6) is 1.78. The number of rotatable bonds is 6. The lowest BCUT2D eigenvalue weighted by Crippen LogP contribution is -2.46. The van der Waals surface area contributed by atoms with Gasteiger partial charge in [-0.25, -0.2) is 0 Å². The number of nitrogens with two attached hydrogens (primary N) is 1. The van der Waals surface area contributed by atoms with Crippen LogP contribution in [-0.4, -0.2) is 18.6 Å². The fraction of sp³-hybridized carbons (Fsp3) is 1.00.